The van der Waals surface area contributed by atoms with Crippen molar-refractivity contribution in [3.05, 3.63) is 58.4 Å². The van der Waals surface area contributed by atoms with E-state index in [4.69, 9.17) is 23.2 Å². The molecule has 1 N–H and O–H groups in total. The molecule has 4 aromatic rings. The van der Waals surface area contributed by atoms with Gasteiger partial charge in [0.25, 0.3) is 0 Å². The molecular formula is C20H19Cl2F3N8O. The second-order valence-electron chi connectivity index (χ2n) is 6.65. The van der Waals surface area contributed by atoms with Gasteiger partial charge < -0.3 is 5.32 Å². The average molecular weight is 515 g/mol. The first-order valence-corrected chi connectivity index (χ1v) is 10.9. The molecule has 5 rings (SSSR count). The van der Waals surface area contributed by atoms with E-state index < -0.39 is 12.1 Å². The zero-order chi connectivity index (χ0) is 24.9. The first-order valence-electron chi connectivity index (χ1n) is 10.1. The summed E-state index contributed by atoms with van der Waals surface area (Å²) in [5.74, 6) is -1.06. The molecule has 1 aliphatic rings. The maximum Gasteiger partial charge on any atom is 0.397 e. The lowest BCUT2D eigenvalue weighted by Gasteiger charge is -2.16. The van der Waals surface area contributed by atoms with Crippen LogP contribution in [0.5, 0.6) is 0 Å². The number of aryl methyl sites for hydroxylation is 1. The highest BCUT2D eigenvalue weighted by molar-refractivity contribution is 6.32. The summed E-state index contributed by atoms with van der Waals surface area (Å²) in [5, 5.41) is 14.6. The number of anilines is 1. The molecule has 0 saturated heterocycles. The van der Waals surface area contributed by atoms with Crippen molar-refractivity contribution in [1.82, 2.24) is 34.6 Å². The number of nitrogens with one attached hydrogen (secondary N) is 1. The van der Waals surface area contributed by atoms with Crippen LogP contribution in [0.4, 0.5) is 18.9 Å². The second-order valence-corrected chi connectivity index (χ2v) is 7.44. The number of carbonyl (C=O) groups is 1. The van der Waals surface area contributed by atoms with Gasteiger partial charge in [0.15, 0.2) is 16.6 Å². The van der Waals surface area contributed by atoms with E-state index in [1.54, 1.807) is 6.07 Å². The number of carbonyl (C=O) groups excluding carboxylic acids is 1. The van der Waals surface area contributed by atoms with Gasteiger partial charge in [0.05, 0.1) is 40.9 Å². The Kier molecular flexibility index (Phi) is 8.05. The fourth-order valence-electron chi connectivity index (χ4n) is 3.33. The zero-order valence-electron chi connectivity index (χ0n) is 18.0. The van der Waals surface area contributed by atoms with Crippen molar-refractivity contribution in [2.24, 2.45) is 0 Å². The smallest absolute Gasteiger partial charge is 0.327 e. The van der Waals surface area contributed by atoms with Gasteiger partial charge >= 0.3 is 6.18 Å². The minimum Gasteiger partial charge on any atom is -0.327 e. The highest BCUT2D eigenvalue weighted by Gasteiger charge is 2.46. The van der Waals surface area contributed by atoms with E-state index in [1.807, 2.05) is 13.8 Å². The highest BCUT2D eigenvalue weighted by atomic mass is 35.5. The van der Waals surface area contributed by atoms with Crippen LogP contribution in [-0.4, -0.2) is 47.2 Å². The quantitative estimate of drug-likeness (QED) is 0.390. The van der Waals surface area contributed by atoms with E-state index in [2.05, 4.69) is 30.6 Å². The third-order valence-electron chi connectivity index (χ3n) is 4.65. The van der Waals surface area contributed by atoms with E-state index in [9.17, 15) is 18.0 Å². The maximum atomic E-state index is 12.9. The lowest BCUT2D eigenvalue weighted by atomic mass is 10.1. The Morgan fingerprint density at radius 3 is 2.44 bits per heavy atom. The molecule has 9 nitrogen and oxygen atoms in total. The first-order chi connectivity index (χ1) is 16.3. The molecule has 0 bridgehead atoms. The molecule has 1 aliphatic carbocycles. The fourth-order valence-corrected chi connectivity index (χ4v) is 3.74. The van der Waals surface area contributed by atoms with Crippen molar-refractivity contribution in [3.8, 4) is 5.82 Å². The maximum absolute atomic E-state index is 12.9. The molecule has 0 aromatic carbocycles. The van der Waals surface area contributed by atoms with Crippen LogP contribution in [-0.2, 0) is 11.2 Å². The van der Waals surface area contributed by atoms with Gasteiger partial charge in [-0.2, -0.15) is 28.5 Å². The van der Waals surface area contributed by atoms with Crippen molar-refractivity contribution in [2.75, 3.05) is 5.32 Å². The van der Waals surface area contributed by atoms with Gasteiger partial charge in [-0.1, -0.05) is 37.0 Å². The minimum atomic E-state index is -4.25. The lowest BCUT2D eigenvalue weighted by molar-refractivity contribution is -0.150. The summed E-state index contributed by atoms with van der Waals surface area (Å²) in [6.45, 7) is 4.00. The predicted molar refractivity (Wildman–Crippen MR) is 120 cm³/mol. The zero-order valence-corrected chi connectivity index (χ0v) is 19.5. The van der Waals surface area contributed by atoms with Gasteiger partial charge in [0.2, 0.25) is 6.41 Å². The van der Waals surface area contributed by atoms with Crippen LogP contribution >= 0.6 is 23.2 Å². The number of aromatic nitrogens is 7. The normalized spacial score (nSPS) is 14.5. The van der Waals surface area contributed by atoms with Crippen molar-refractivity contribution < 1.29 is 18.0 Å². The van der Waals surface area contributed by atoms with Crippen LogP contribution < -0.4 is 5.32 Å². The molecule has 4 aromatic heterocycles. The number of amides is 1. The molecule has 180 valence electrons. The van der Waals surface area contributed by atoms with Gasteiger partial charge in [0, 0.05) is 12.3 Å². The standard InChI is InChI=1S/C10H7ClF3N3.C8H6ClN5O.C2H6/c11-7-3-8-15-4-5-1-2-6(10(12,13)14)9(5)17(8)16-7;9-7-3-6(11-5-15)4-10-8(7)14-12-1-2-13-14;1-2/h3-4,6H,1-2H2;1-5H,(H,11,15);1-2H3. The number of halogens is 5. The van der Waals surface area contributed by atoms with Crippen LogP contribution in [0.2, 0.25) is 10.2 Å². The van der Waals surface area contributed by atoms with Crippen molar-refractivity contribution in [3.63, 3.8) is 0 Å². The molecule has 0 aliphatic heterocycles. The molecule has 1 unspecified atom stereocenters. The number of alkyl halides is 3. The molecule has 34 heavy (non-hydrogen) atoms. The van der Waals surface area contributed by atoms with Gasteiger partial charge in [-0.05, 0) is 24.5 Å². The number of fused-ring (bicyclic) bond motifs is 3. The Bertz CT molecular complexity index is 1260. The van der Waals surface area contributed by atoms with Gasteiger partial charge in [-0.3, -0.25) is 4.79 Å². The summed E-state index contributed by atoms with van der Waals surface area (Å²) in [6, 6.07) is 3.02. The van der Waals surface area contributed by atoms with E-state index in [-0.39, 0.29) is 17.3 Å². The Morgan fingerprint density at radius 2 is 1.82 bits per heavy atom. The van der Waals surface area contributed by atoms with Gasteiger partial charge in [-0.25, -0.2) is 14.5 Å². The summed E-state index contributed by atoms with van der Waals surface area (Å²) >= 11 is 11.6. The Labute approximate surface area is 201 Å². The van der Waals surface area contributed by atoms with E-state index >= 15 is 0 Å². The highest BCUT2D eigenvalue weighted by Crippen LogP contribution is 2.44. The molecular weight excluding hydrogens is 496 g/mol. The largest absolute Gasteiger partial charge is 0.397 e. The van der Waals surface area contributed by atoms with Gasteiger partial charge in [-0.15, -0.1) is 4.80 Å². The number of pyridine rings is 1. The molecule has 4 heterocycles. The van der Waals surface area contributed by atoms with Crippen LogP contribution in [0.3, 0.4) is 0 Å². The first kappa shape index (κ1) is 25.4. The van der Waals surface area contributed by atoms with Crippen LogP contribution in [0.1, 0.15) is 37.4 Å². The summed E-state index contributed by atoms with van der Waals surface area (Å²) in [6.07, 6.45) is 2.73. The van der Waals surface area contributed by atoms with Crippen molar-refractivity contribution in [2.45, 2.75) is 38.8 Å². The summed E-state index contributed by atoms with van der Waals surface area (Å²) in [4.78, 5) is 19.5. The third-order valence-corrected chi connectivity index (χ3v) is 5.12. The lowest BCUT2D eigenvalue weighted by Crippen LogP contribution is -2.21. The van der Waals surface area contributed by atoms with Gasteiger partial charge in [0.1, 0.15) is 0 Å². The molecule has 14 heteroatoms. The monoisotopic (exact) mass is 514 g/mol. The Balaban J connectivity index is 0.000000179. The predicted octanol–water partition coefficient (Wildman–Crippen LogP) is 4.89. The molecule has 1 amide bonds. The molecule has 0 radical (unpaired) electrons. The number of rotatable bonds is 3. The molecule has 1 atom stereocenters. The van der Waals surface area contributed by atoms with Crippen LogP contribution in [0, 0.1) is 0 Å². The van der Waals surface area contributed by atoms with E-state index in [0.717, 1.165) is 0 Å². The van der Waals surface area contributed by atoms with E-state index in [1.165, 1.54) is 40.2 Å². The summed E-state index contributed by atoms with van der Waals surface area (Å²) < 4.78 is 39.9. The summed E-state index contributed by atoms with van der Waals surface area (Å²) in [5.41, 5.74) is 1.64. The van der Waals surface area contributed by atoms with Crippen LogP contribution in [0.25, 0.3) is 11.5 Å². The summed E-state index contributed by atoms with van der Waals surface area (Å²) in [7, 11) is 0. The van der Waals surface area contributed by atoms with Crippen molar-refractivity contribution >= 4 is 40.9 Å². The number of hydrogen-bond acceptors (Lipinski definition) is 6. The van der Waals surface area contributed by atoms with Crippen LogP contribution in [0.15, 0.2) is 36.9 Å². The van der Waals surface area contributed by atoms with E-state index in [0.29, 0.717) is 40.6 Å². The minimum absolute atomic E-state index is 0.0527. The SMILES string of the molecule is CC.FC(F)(F)C1CCc2cnc3cc(Cl)nn3c21.O=CNc1cnc(-n2nccn2)c(Cl)c1. The topological polar surface area (TPSA) is 103 Å². The number of hydrogen-bond donors (Lipinski definition) is 1. The third kappa shape index (κ3) is 5.45. The Hall–Kier alpha value is -3.25. The van der Waals surface area contributed by atoms with Crippen molar-refractivity contribution in [1.29, 1.82) is 0 Å². The fraction of sp³-hybridized carbons (Fsp3) is 0.300. The second kappa shape index (κ2) is 10.8. The molecule has 0 spiro atoms. The number of nitrogens with zero attached hydrogens (tertiary/aromatic N) is 7. The molecule has 0 saturated carbocycles. The molecule has 0 fully saturated rings. The Morgan fingerprint density at radius 1 is 1.12 bits per heavy atom. The average Bonchev–Trinajstić information content (AvgIpc) is 3.54.